The Morgan fingerprint density at radius 2 is 1.70 bits per heavy atom. The monoisotopic (exact) mass is 335 g/mol. The zero-order valence-electron chi connectivity index (χ0n) is 13.2. The molecule has 0 unspecified atom stereocenters. The molecule has 0 radical (unpaired) electrons. The lowest BCUT2D eigenvalue weighted by molar-refractivity contribution is 0.431. The third kappa shape index (κ3) is 4.71. The number of benzene rings is 2. The largest absolute Gasteiger partial charge is 0.508 e. The molecule has 6 heteroatoms. The molecule has 0 saturated heterocycles. The molecule has 0 spiro atoms. The van der Waals surface area contributed by atoms with Gasteiger partial charge in [0.25, 0.3) is 0 Å². The SMILES string of the molecule is CC(C)(CS(=O)(=O)NCc1ccccc1)c1ccc(O)cc1O. The Morgan fingerprint density at radius 3 is 2.30 bits per heavy atom. The fourth-order valence-electron chi connectivity index (χ4n) is 2.49. The van der Waals surface area contributed by atoms with Gasteiger partial charge in [0.05, 0.1) is 5.75 Å². The van der Waals surface area contributed by atoms with E-state index in [1.54, 1.807) is 13.8 Å². The molecule has 0 aromatic heterocycles. The third-order valence-electron chi connectivity index (χ3n) is 3.60. The summed E-state index contributed by atoms with van der Waals surface area (Å²) >= 11 is 0. The van der Waals surface area contributed by atoms with Gasteiger partial charge < -0.3 is 10.2 Å². The van der Waals surface area contributed by atoms with E-state index in [2.05, 4.69) is 4.72 Å². The first-order chi connectivity index (χ1) is 10.7. The van der Waals surface area contributed by atoms with Gasteiger partial charge >= 0.3 is 0 Å². The van der Waals surface area contributed by atoms with Gasteiger partial charge in [-0.3, -0.25) is 0 Å². The van der Waals surface area contributed by atoms with Crippen molar-refractivity contribution in [2.45, 2.75) is 25.8 Å². The van der Waals surface area contributed by atoms with Crippen LogP contribution in [0.1, 0.15) is 25.0 Å². The third-order valence-corrected chi connectivity index (χ3v) is 5.29. The van der Waals surface area contributed by atoms with Crippen molar-refractivity contribution in [2.75, 3.05) is 5.75 Å². The maximum Gasteiger partial charge on any atom is 0.212 e. The van der Waals surface area contributed by atoms with Crippen LogP contribution in [0.25, 0.3) is 0 Å². The molecular weight excluding hydrogens is 314 g/mol. The maximum absolute atomic E-state index is 12.3. The van der Waals surface area contributed by atoms with Gasteiger partial charge in [0.1, 0.15) is 11.5 Å². The van der Waals surface area contributed by atoms with Crippen LogP contribution >= 0.6 is 0 Å². The van der Waals surface area contributed by atoms with Crippen molar-refractivity contribution in [1.82, 2.24) is 4.72 Å². The topological polar surface area (TPSA) is 86.6 Å². The second-order valence-electron chi connectivity index (χ2n) is 6.15. The van der Waals surface area contributed by atoms with Crippen LogP contribution in [0.2, 0.25) is 0 Å². The number of hydrogen-bond acceptors (Lipinski definition) is 4. The molecule has 0 atom stereocenters. The molecule has 2 aromatic rings. The van der Waals surface area contributed by atoms with Crippen LogP contribution in [-0.2, 0) is 22.0 Å². The zero-order valence-corrected chi connectivity index (χ0v) is 14.0. The molecular formula is C17H21NO4S. The summed E-state index contributed by atoms with van der Waals surface area (Å²) < 4.78 is 27.2. The van der Waals surface area contributed by atoms with Crippen LogP contribution in [0.3, 0.4) is 0 Å². The minimum atomic E-state index is -3.54. The second-order valence-corrected chi connectivity index (χ2v) is 7.96. The van der Waals surface area contributed by atoms with E-state index in [0.29, 0.717) is 5.56 Å². The van der Waals surface area contributed by atoms with Crippen molar-refractivity contribution in [1.29, 1.82) is 0 Å². The van der Waals surface area contributed by atoms with E-state index in [0.717, 1.165) is 5.56 Å². The van der Waals surface area contributed by atoms with Gasteiger partial charge in [-0.1, -0.05) is 50.2 Å². The molecule has 5 nitrogen and oxygen atoms in total. The average molecular weight is 335 g/mol. The number of rotatable bonds is 6. The average Bonchev–Trinajstić information content (AvgIpc) is 2.45. The van der Waals surface area contributed by atoms with Gasteiger partial charge in [-0.15, -0.1) is 0 Å². The summed E-state index contributed by atoms with van der Waals surface area (Å²) in [5, 5.41) is 19.3. The van der Waals surface area contributed by atoms with Gasteiger partial charge in [-0.2, -0.15) is 0 Å². The van der Waals surface area contributed by atoms with Gasteiger partial charge in [-0.05, 0) is 11.6 Å². The molecule has 0 fully saturated rings. The minimum Gasteiger partial charge on any atom is -0.508 e. The molecule has 0 bridgehead atoms. The van der Waals surface area contributed by atoms with E-state index in [9.17, 15) is 18.6 Å². The minimum absolute atomic E-state index is 0.0629. The van der Waals surface area contributed by atoms with Crippen LogP contribution in [-0.4, -0.2) is 24.4 Å². The molecule has 124 valence electrons. The summed E-state index contributed by atoms with van der Waals surface area (Å²) in [6, 6.07) is 13.4. The fraction of sp³-hybridized carbons (Fsp3) is 0.294. The number of nitrogens with one attached hydrogen (secondary N) is 1. The van der Waals surface area contributed by atoms with E-state index in [-0.39, 0.29) is 23.8 Å². The Morgan fingerprint density at radius 1 is 1.04 bits per heavy atom. The van der Waals surface area contributed by atoms with E-state index < -0.39 is 15.4 Å². The molecule has 3 N–H and O–H groups in total. The maximum atomic E-state index is 12.3. The van der Waals surface area contributed by atoms with Gasteiger partial charge in [-0.25, -0.2) is 13.1 Å². The van der Waals surface area contributed by atoms with Crippen LogP contribution < -0.4 is 4.72 Å². The Balaban J connectivity index is 2.11. The molecule has 2 aromatic carbocycles. The molecule has 0 aliphatic carbocycles. The highest BCUT2D eigenvalue weighted by Crippen LogP contribution is 2.34. The first-order valence-electron chi connectivity index (χ1n) is 7.23. The number of hydrogen-bond donors (Lipinski definition) is 3. The van der Waals surface area contributed by atoms with Crippen LogP contribution in [0, 0.1) is 0 Å². The van der Waals surface area contributed by atoms with Crippen LogP contribution in [0.15, 0.2) is 48.5 Å². The van der Waals surface area contributed by atoms with Gasteiger partial charge in [0.15, 0.2) is 0 Å². The van der Waals surface area contributed by atoms with Gasteiger partial charge in [0, 0.05) is 23.6 Å². The van der Waals surface area contributed by atoms with Crippen molar-refractivity contribution < 1.29 is 18.6 Å². The summed E-state index contributed by atoms with van der Waals surface area (Å²) in [5.74, 6) is -0.356. The predicted octanol–water partition coefficient (Wildman–Crippen LogP) is 2.50. The number of aromatic hydroxyl groups is 2. The molecule has 0 saturated carbocycles. The Hall–Kier alpha value is -2.05. The summed E-state index contributed by atoms with van der Waals surface area (Å²) in [5.41, 5.74) is 0.544. The molecule has 23 heavy (non-hydrogen) atoms. The van der Waals surface area contributed by atoms with E-state index in [1.807, 2.05) is 30.3 Å². The molecule has 0 aliphatic rings. The van der Waals surface area contributed by atoms with Crippen LogP contribution in [0.4, 0.5) is 0 Å². The predicted molar refractivity (Wildman–Crippen MR) is 89.9 cm³/mol. The highest BCUT2D eigenvalue weighted by molar-refractivity contribution is 7.89. The molecule has 2 rings (SSSR count). The molecule has 0 heterocycles. The molecule has 0 aliphatic heterocycles. The number of sulfonamides is 1. The summed E-state index contributed by atoms with van der Waals surface area (Å²) in [4.78, 5) is 0. The normalized spacial score (nSPS) is 12.3. The number of phenols is 2. The van der Waals surface area contributed by atoms with Gasteiger partial charge in [0.2, 0.25) is 10.0 Å². The lowest BCUT2D eigenvalue weighted by Gasteiger charge is -2.26. The van der Waals surface area contributed by atoms with Crippen molar-refractivity contribution in [2.24, 2.45) is 0 Å². The second kappa shape index (κ2) is 6.60. The van der Waals surface area contributed by atoms with Crippen molar-refractivity contribution in [3.05, 3.63) is 59.7 Å². The summed E-state index contributed by atoms with van der Waals surface area (Å²) in [7, 11) is -3.54. The smallest absolute Gasteiger partial charge is 0.212 e. The highest BCUT2D eigenvalue weighted by atomic mass is 32.2. The quantitative estimate of drug-likeness (QED) is 0.757. The van der Waals surface area contributed by atoms with Crippen LogP contribution in [0.5, 0.6) is 11.5 Å². The number of phenolic OH excluding ortho intramolecular Hbond substituents is 2. The Labute approximate surface area is 136 Å². The summed E-state index contributed by atoms with van der Waals surface area (Å²) in [6.07, 6.45) is 0. The zero-order chi connectivity index (χ0) is 17.1. The van der Waals surface area contributed by atoms with E-state index in [4.69, 9.17) is 0 Å². The van der Waals surface area contributed by atoms with Crippen molar-refractivity contribution in [3.8, 4) is 11.5 Å². The Kier molecular flexibility index (Phi) is 4.97. The lowest BCUT2D eigenvalue weighted by Crippen LogP contribution is -2.35. The lowest BCUT2D eigenvalue weighted by atomic mass is 9.86. The first kappa shape index (κ1) is 17.3. The summed E-state index contributed by atoms with van der Waals surface area (Å²) in [6.45, 7) is 3.70. The van der Waals surface area contributed by atoms with Crippen molar-refractivity contribution >= 4 is 10.0 Å². The Bertz CT molecular complexity index is 770. The van der Waals surface area contributed by atoms with E-state index >= 15 is 0 Å². The molecule has 0 amide bonds. The first-order valence-corrected chi connectivity index (χ1v) is 8.88. The fourth-order valence-corrected chi connectivity index (χ4v) is 4.08. The highest BCUT2D eigenvalue weighted by Gasteiger charge is 2.30. The van der Waals surface area contributed by atoms with E-state index in [1.165, 1.54) is 18.2 Å². The van der Waals surface area contributed by atoms with Crippen molar-refractivity contribution in [3.63, 3.8) is 0 Å². The standard InChI is InChI=1S/C17H21NO4S/c1-17(2,15-9-8-14(19)10-16(15)20)12-23(21,22)18-11-13-6-4-3-5-7-13/h3-10,18-20H,11-12H2,1-2H3.